The van der Waals surface area contributed by atoms with Gasteiger partial charge in [0.2, 0.25) is 10.0 Å². The first-order valence-corrected chi connectivity index (χ1v) is 10.7. The third-order valence-electron chi connectivity index (χ3n) is 4.25. The fraction of sp³-hybridized carbons (Fsp3) is 0.381. The average Bonchev–Trinajstić information content (AvgIpc) is 2.64. The Morgan fingerprint density at radius 1 is 0.926 bits per heavy atom. The minimum absolute atomic E-state index is 0.0223. The fourth-order valence-corrected chi connectivity index (χ4v) is 3.63. The third-order valence-corrected chi connectivity index (χ3v) is 5.63. The highest BCUT2D eigenvalue weighted by Crippen LogP contribution is 2.22. The quantitative estimate of drug-likeness (QED) is 0.683. The number of carbonyl (C=O) groups excluding carboxylic acids is 1. The van der Waals surface area contributed by atoms with Crippen molar-refractivity contribution in [3.05, 3.63) is 71.3 Å². The van der Waals surface area contributed by atoms with Crippen molar-refractivity contribution in [3.63, 3.8) is 0 Å². The summed E-state index contributed by atoms with van der Waals surface area (Å²) < 4.78 is 26.8. The number of rotatable bonds is 8. The molecule has 0 aliphatic rings. The second-order valence-electron chi connectivity index (χ2n) is 7.53. The van der Waals surface area contributed by atoms with E-state index < -0.39 is 10.0 Å². The van der Waals surface area contributed by atoms with E-state index in [1.807, 2.05) is 18.2 Å². The largest absolute Gasteiger partial charge is 0.351 e. The fourth-order valence-electron chi connectivity index (χ4n) is 2.57. The zero-order valence-corrected chi connectivity index (χ0v) is 17.0. The van der Waals surface area contributed by atoms with Gasteiger partial charge >= 0.3 is 0 Å². The molecule has 0 radical (unpaired) electrons. The van der Waals surface area contributed by atoms with Crippen molar-refractivity contribution in [2.75, 3.05) is 18.8 Å². The van der Waals surface area contributed by atoms with Crippen LogP contribution >= 0.6 is 0 Å². The van der Waals surface area contributed by atoms with Gasteiger partial charge in [0.1, 0.15) is 0 Å². The van der Waals surface area contributed by atoms with Crippen LogP contribution in [0.25, 0.3) is 0 Å². The molecule has 2 N–H and O–H groups in total. The second kappa shape index (κ2) is 9.15. The number of nitrogens with one attached hydrogen (secondary N) is 2. The van der Waals surface area contributed by atoms with Gasteiger partial charge < -0.3 is 5.32 Å². The minimum Gasteiger partial charge on any atom is -0.351 e. The van der Waals surface area contributed by atoms with Gasteiger partial charge in [-0.1, -0.05) is 63.2 Å². The lowest BCUT2D eigenvalue weighted by atomic mass is 9.86. The van der Waals surface area contributed by atoms with Crippen LogP contribution in [0.4, 0.5) is 0 Å². The van der Waals surface area contributed by atoms with E-state index in [1.54, 1.807) is 24.3 Å². The smallest absolute Gasteiger partial charge is 0.251 e. The molecule has 0 atom stereocenters. The summed E-state index contributed by atoms with van der Waals surface area (Å²) in [6, 6.07) is 16.9. The van der Waals surface area contributed by atoms with Crippen molar-refractivity contribution < 1.29 is 13.2 Å². The van der Waals surface area contributed by atoms with Gasteiger partial charge in [0.05, 0.1) is 5.75 Å². The topological polar surface area (TPSA) is 75.3 Å². The molecule has 5 nitrogen and oxygen atoms in total. The lowest BCUT2D eigenvalue weighted by Crippen LogP contribution is -2.36. The summed E-state index contributed by atoms with van der Waals surface area (Å²) in [5, 5.41) is 2.70. The monoisotopic (exact) mass is 388 g/mol. The van der Waals surface area contributed by atoms with E-state index in [2.05, 4.69) is 42.9 Å². The molecule has 0 aliphatic heterocycles. The van der Waals surface area contributed by atoms with Crippen LogP contribution in [0.15, 0.2) is 54.6 Å². The lowest BCUT2D eigenvalue weighted by Gasteiger charge is -2.19. The normalized spacial score (nSPS) is 12.0. The highest BCUT2D eigenvalue weighted by atomic mass is 32.2. The zero-order valence-electron chi connectivity index (χ0n) is 16.2. The van der Waals surface area contributed by atoms with Crippen molar-refractivity contribution >= 4 is 15.9 Å². The van der Waals surface area contributed by atoms with Crippen molar-refractivity contribution in [2.24, 2.45) is 0 Å². The molecule has 2 aromatic rings. The lowest BCUT2D eigenvalue weighted by molar-refractivity contribution is 0.0954. The standard InChI is InChI=1S/C21H28N2O3S/c1-21(2,3)19-11-9-17(10-12-19)13-16-27(25,26)23-15-14-22-20(24)18-7-5-4-6-8-18/h4-12,23H,13-16H2,1-3H3,(H,22,24). The van der Waals surface area contributed by atoms with Crippen molar-refractivity contribution in [2.45, 2.75) is 32.6 Å². The number of hydrogen-bond donors (Lipinski definition) is 2. The molecule has 0 unspecified atom stereocenters. The molecule has 0 spiro atoms. The summed E-state index contributed by atoms with van der Waals surface area (Å²) in [6.45, 7) is 6.85. The van der Waals surface area contributed by atoms with Crippen LogP contribution in [0.5, 0.6) is 0 Å². The van der Waals surface area contributed by atoms with Crippen LogP contribution in [0.2, 0.25) is 0 Å². The van der Waals surface area contributed by atoms with Crippen LogP contribution < -0.4 is 10.0 Å². The number of benzene rings is 2. The Labute approximate surface area is 162 Å². The molecule has 2 rings (SSSR count). The maximum atomic E-state index is 12.1. The number of sulfonamides is 1. The van der Waals surface area contributed by atoms with Gasteiger partial charge in [-0.2, -0.15) is 0 Å². The summed E-state index contributed by atoms with van der Waals surface area (Å²) in [4.78, 5) is 11.9. The SMILES string of the molecule is CC(C)(C)c1ccc(CCS(=O)(=O)NCCNC(=O)c2ccccc2)cc1. The molecular weight excluding hydrogens is 360 g/mol. The molecule has 0 fully saturated rings. The first kappa shape index (κ1) is 21.1. The second-order valence-corrected chi connectivity index (χ2v) is 9.46. The number of carbonyl (C=O) groups is 1. The van der Waals surface area contributed by atoms with Crippen LogP contribution in [-0.4, -0.2) is 33.2 Å². The predicted octanol–water partition coefficient (Wildman–Crippen LogP) is 2.88. The molecule has 0 aromatic heterocycles. The molecule has 0 saturated carbocycles. The van der Waals surface area contributed by atoms with Crippen molar-refractivity contribution in [1.82, 2.24) is 10.0 Å². The van der Waals surface area contributed by atoms with Gasteiger partial charge in [-0.3, -0.25) is 4.79 Å². The highest BCUT2D eigenvalue weighted by Gasteiger charge is 2.14. The van der Waals surface area contributed by atoms with Crippen molar-refractivity contribution in [1.29, 1.82) is 0 Å². The Hall–Kier alpha value is -2.18. The van der Waals surface area contributed by atoms with E-state index in [0.717, 1.165) is 5.56 Å². The minimum atomic E-state index is -3.38. The summed E-state index contributed by atoms with van der Waals surface area (Å²) in [7, 11) is -3.38. The molecule has 0 heterocycles. The van der Waals surface area contributed by atoms with E-state index in [0.29, 0.717) is 12.0 Å². The predicted molar refractivity (Wildman–Crippen MR) is 109 cm³/mol. The molecule has 0 aliphatic carbocycles. The van der Waals surface area contributed by atoms with Gasteiger partial charge in [-0.05, 0) is 35.1 Å². The van der Waals surface area contributed by atoms with Crippen LogP contribution in [0, 0.1) is 0 Å². The Kier molecular flexibility index (Phi) is 7.16. The Morgan fingerprint density at radius 2 is 1.56 bits per heavy atom. The summed E-state index contributed by atoms with van der Waals surface area (Å²) in [6.07, 6.45) is 0.454. The van der Waals surface area contributed by atoms with Crippen LogP contribution in [-0.2, 0) is 21.9 Å². The van der Waals surface area contributed by atoms with Gasteiger partial charge in [0.25, 0.3) is 5.91 Å². The first-order valence-electron chi connectivity index (χ1n) is 9.07. The van der Waals surface area contributed by atoms with E-state index >= 15 is 0 Å². The Morgan fingerprint density at radius 3 is 2.15 bits per heavy atom. The maximum Gasteiger partial charge on any atom is 0.251 e. The third kappa shape index (κ3) is 7.15. The first-order chi connectivity index (χ1) is 12.7. The van der Waals surface area contributed by atoms with E-state index in [1.165, 1.54) is 5.56 Å². The molecule has 6 heteroatoms. The Balaban J connectivity index is 1.74. The molecular formula is C21H28N2O3S. The molecule has 27 heavy (non-hydrogen) atoms. The van der Waals surface area contributed by atoms with Crippen LogP contribution in [0.3, 0.4) is 0 Å². The van der Waals surface area contributed by atoms with Crippen LogP contribution in [0.1, 0.15) is 42.3 Å². The molecule has 146 valence electrons. The number of aryl methyl sites for hydroxylation is 1. The average molecular weight is 389 g/mol. The highest BCUT2D eigenvalue weighted by molar-refractivity contribution is 7.89. The van der Waals surface area contributed by atoms with Gasteiger partial charge in [0.15, 0.2) is 0 Å². The van der Waals surface area contributed by atoms with Gasteiger partial charge in [-0.25, -0.2) is 13.1 Å². The summed E-state index contributed by atoms with van der Waals surface area (Å²) in [5.74, 6) is -0.192. The molecule has 2 aromatic carbocycles. The van der Waals surface area contributed by atoms with Gasteiger partial charge in [-0.15, -0.1) is 0 Å². The molecule has 0 bridgehead atoms. The molecule has 0 saturated heterocycles. The summed E-state index contributed by atoms with van der Waals surface area (Å²) >= 11 is 0. The number of amides is 1. The van der Waals surface area contributed by atoms with Gasteiger partial charge in [0, 0.05) is 18.7 Å². The number of hydrogen-bond acceptors (Lipinski definition) is 3. The van der Waals surface area contributed by atoms with E-state index in [-0.39, 0.29) is 30.2 Å². The Bertz CT molecular complexity index is 839. The maximum absolute atomic E-state index is 12.1. The zero-order chi connectivity index (χ0) is 19.9. The molecule has 1 amide bonds. The summed E-state index contributed by atoms with van der Waals surface area (Å²) in [5.41, 5.74) is 2.85. The van der Waals surface area contributed by atoms with E-state index in [9.17, 15) is 13.2 Å². The van der Waals surface area contributed by atoms with Crippen molar-refractivity contribution in [3.8, 4) is 0 Å². The van der Waals surface area contributed by atoms with E-state index in [4.69, 9.17) is 0 Å².